The summed E-state index contributed by atoms with van der Waals surface area (Å²) in [5.74, 6) is -0.885. The third kappa shape index (κ3) is 3.15. The van der Waals surface area contributed by atoms with Gasteiger partial charge >= 0.3 is 5.97 Å². The molecule has 0 unspecified atom stereocenters. The largest absolute Gasteiger partial charge is 0.481 e. The topological polar surface area (TPSA) is 83.9 Å². The van der Waals surface area contributed by atoms with Gasteiger partial charge in [-0.1, -0.05) is 0 Å². The van der Waals surface area contributed by atoms with Gasteiger partial charge < -0.3 is 9.84 Å². The molecule has 2 aliphatic rings. The van der Waals surface area contributed by atoms with Crippen LogP contribution in [0.25, 0.3) is 0 Å². The number of carbonyl (C=O) groups is 1. The van der Waals surface area contributed by atoms with Crippen molar-refractivity contribution in [2.45, 2.75) is 43.8 Å². The Morgan fingerprint density at radius 2 is 2.15 bits per heavy atom. The van der Waals surface area contributed by atoms with Crippen molar-refractivity contribution in [3.63, 3.8) is 0 Å². The number of carboxylic acid groups (broad SMARTS) is 1. The van der Waals surface area contributed by atoms with E-state index < -0.39 is 21.4 Å². The molecule has 2 fully saturated rings. The lowest BCUT2D eigenvalue weighted by molar-refractivity contribution is -0.152. The van der Waals surface area contributed by atoms with Crippen LogP contribution in [0, 0.1) is 5.41 Å². The second-order valence-electron chi connectivity index (χ2n) is 5.86. The molecular formula is C13H23NO5S. The first-order chi connectivity index (χ1) is 9.42. The van der Waals surface area contributed by atoms with Gasteiger partial charge in [0.25, 0.3) is 0 Å². The first kappa shape index (κ1) is 15.7. The molecule has 0 bridgehead atoms. The fourth-order valence-electron chi connectivity index (χ4n) is 2.92. The van der Waals surface area contributed by atoms with E-state index in [1.54, 1.807) is 7.11 Å². The van der Waals surface area contributed by atoms with Crippen molar-refractivity contribution in [2.24, 2.45) is 5.41 Å². The highest BCUT2D eigenvalue weighted by Gasteiger charge is 2.48. The molecule has 116 valence electrons. The number of carboxylic acids is 1. The van der Waals surface area contributed by atoms with Crippen LogP contribution < -0.4 is 0 Å². The zero-order valence-corrected chi connectivity index (χ0v) is 12.7. The third-order valence-electron chi connectivity index (χ3n) is 4.30. The molecule has 1 aliphatic carbocycles. The van der Waals surface area contributed by atoms with Gasteiger partial charge in [-0.25, -0.2) is 12.7 Å². The smallest absolute Gasteiger partial charge is 0.310 e. The van der Waals surface area contributed by atoms with Gasteiger partial charge in [0.15, 0.2) is 0 Å². The molecule has 1 saturated carbocycles. The summed E-state index contributed by atoms with van der Waals surface area (Å²) in [6.45, 7) is 1.08. The summed E-state index contributed by atoms with van der Waals surface area (Å²) in [5.41, 5.74) is -0.946. The Balaban J connectivity index is 2.10. The maximum absolute atomic E-state index is 12.3. The summed E-state index contributed by atoms with van der Waals surface area (Å²) in [5, 5.41) is 9.29. The van der Waals surface area contributed by atoms with Crippen LogP contribution in [0.3, 0.4) is 0 Å². The number of methoxy groups -OCH3 is 1. The lowest BCUT2D eigenvalue weighted by atomic mass is 9.77. The van der Waals surface area contributed by atoms with Crippen molar-refractivity contribution in [1.82, 2.24) is 4.31 Å². The third-order valence-corrected chi connectivity index (χ3v) is 6.65. The molecule has 0 spiro atoms. The van der Waals surface area contributed by atoms with E-state index in [1.165, 1.54) is 4.31 Å². The molecular weight excluding hydrogens is 282 g/mol. The van der Waals surface area contributed by atoms with E-state index in [0.29, 0.717) is 51.7 Å². The van der Waals surface area contributed by atoms with E-state index in [9.17, 15) is 18.3 Å². The molecule has 0 aromatic rings. The molecule has 2 rings (SSSR count). The number of aliphatic carboxylic acids is 1. The first-order valence-corrected chi connectivity index (χ1v) is 8.64. The average Bonchev–Trinajstić information content (AvgIpc) is 3.24. The number of piperidine rings is 1. The van der Waals surface area contributed by atoms with E-state index >= 15 is 0 Å². The maximum Gasteiger partial charge on any atom is 0.310 e. The number of hydrogen-bond donors (Lipinski definition) is 1. The molecule has 1 saturated heterocycles. The van der Waals surface area contributed by atoms with Crippen LogP contribution in [-0.2, 0) is 19.6 Å². The Kier molecular flexibility index (Phi) is 4.71. The predicted octanol–water partition coefficient (Wildman–Crippen LogP) is 1.07. The molecule has 20 heavy (non-hydrogen) atoms. The predicted molar refractivity (Wildman–Crippen MR) is 73.9 cm³/mol. The first-order valence-electron chi connectivity index (χ1n) is 7.14. The van der Waals surface area contributed by atoms with Gasteiger partial charge in [-0.15, -0.1) is 0 Å². The van der Waals surface area contributed by atoms with Gasteiger partial charge in [-0.2, -0.15) is 0 Å². The van der Waals surface area contributed by atoms with Crippen LogP contribution in [-0.4, -0.2) is 55.9 Å². The fraction of sp³-hybridized carbons (Fsp3) is 0.923. The lowest BCUT2D eigenvalue weighted by Gasteiger charge is -2.39. The number of rotatable bonds is 7. The lowest BCUT2D eigenvalue weighted by Crippen LogP contribution is -2.50. The minimum Gasteiger partial charge on any atom is -0.481 e. The molecule has 0 aromatic carbocycles. The summed E-state index contributed by atoms with van der Waals surface area (Å²) in [4.78, 5) is 11.7. The van der Waals surface area contributed by atoms with Crippen LogP contribution in [0.2, 0.25) is 0 Å². The van der Waals surface area contributed by atoms with Crippen molar-refractivity contribution < 1.29 is 23.1 Å². The summed E-state index contributed by atoms with van der Waals surface area (Å²) >= 11 is 0. The van der Waals surface area contributed by atoms with Gasteiger partial charge in [-0.05, 0) is 38.5 Å². The summed E-state index contributed by atoms with van der Waals surface area (Å²) in [6, 6.07) is 0. The van der Waals surface area contributed by atoms with Gasteiger partial charge in [0.2, 0.25) is 10.0 Å². The number of sulfonamides is 1. The molecule has 6 nitrogen and oxygen atoms in total. The molecule has 0 amide bonds. The van der Waals surface area contributed by atoms with Crippen molar-refractivity contribution >= 4 is 16.0 Å². The van der Waals surface area contributed by atoms with Crippen LogP contribution in [0.4, 0.5) is 0 Å². The Labute approximate surface area is 120 Å². The Bertz CT molecular complexity index is 459. The summed E-state index contributed by atoms with van der Waals surface area (Å²) in [6.07, 6.45) is 3.69. The number of ether oxygens (including phenoxy) is 1. The van der Waals surface area contributed by atoms with Gasteiger partial charge in [0, 0.05) is 26.8 Å². The van der Waals surface area contributed by atoms with Gasteiger partial charge in [0.05, 0.1) is 10.7 Å². The minimum absolute atomic E-state index is 0.116. The van der Waals surface area contributed by atoms with Crippen LogP contribution in [0.1, 0.15) is 38.5 Å². The van der Waals surface area contributed by atoms with Gasteiger partial charge in [0.1, 0.15) is 0 Å². The average molecular weight is 305 g/mol. The highest BCUT2D eigenvalue weighted by molar-refractivity contribution is 7.90. The second-order valence-corrected chi connectivity index (χ2v) is 8.08. The SMILES string of the molecule is COCCC[C@@]1(C(=O)O)CCCN(S(=O)(=O)C2CC2)C1. The Morgan fingerprint density at radius 3 is 2.70 bits per heavy atom. The summed E-state index contributed by atoms with van der Waals surface area (Å²) in [7, 11) is -1.70. The Morgan fingerprint density at radius 1 is 1.45 bits per heavy atom. The zero-order chi connectivity index (χ0) is 14.8. The van der Waals surface area contributed by atoms with Crippen molar-refractivity contribution in [3.05, 3.63) is 0 Å². The standard InChI is InChI=1S/C13H23NO5S/c1-19-9-3-7-13(12(15)16)6-2-8-14(10-13)20(17,18)11-4-5-11/h11H,2-10H2,1H3,(H,15,16)/t13-/m0/s1. The molecule has 1 N–H and O–H groups in total. The van der Waals surface area contributed by atoms with Crippen LogP contribution in [0.15, 0.2) is 0 Å². The monoisotopic (exact) mass is 305 g/mol. The fourth-order valence-corrected chi connectivity index (χ4v) is 4.89. The highest BCUT2D eigenvalue weighted by Crippen LogP contribution is 2.39. The quantitative estimate of drug-likeness (QED) is 0.711. The van der Waals surface area contributed by atoms with E-state index in [-0.39, 0.29) is 11.8 Å². The molecule has 0 aromatic heterocycles. The van der Waals surface area contributed by atoms with Crippen LogP contribution >= 0.6 is 0 Å². The van der Waals surface area contributed by atoms with E-state index in [0.717, 1.165) is 0 Å². The summed E-state index contributed by atoms with van der Waals surface area (Å²) < 4.78 is 31.0. The molecule has 0 radical (unpaired) electrons. The van der Waals surface area contributed by atoms with Crippen molar-refractivity contribution in [3.8, 4) is 0 Å². The van der Waals surface area contributed by atoms with E-state index in [2.05, 4.69) is 0 Å². The maximum atomic E-state index is 12.3. The normalized spacial score (nSPS) is 28.4. The molecule has 1 heterocycles. The zero-order valence-electron chi connectivity index (χ0n) is 11.9. The van der Waals surface area contributed by atoms with Crippen molar-refractivity contribution in [1.29, 1.82) is 0 Å². The minimum atomic E-state index is -3.29. The van der Waals surface area contributed by atoms with E-state index in [1.807, 2.05) is 0 Å². The molecule has 7 heteroatoms. The Hall–Kier alpha value is -0.660. The second kappa shape index (κ2) is 5.99. The number of hydrogen-bond acceptors (Lipinski definition) is 4. The number of nitrogens with zero attached hydrogens (tertiary/aromatic N) is 1. The van der Waals surface area contributed by atoms with Crippen LogP contribution in [0.5, 0.6) is 0 Å². The molecule has 1 atom stereocenters. The van der Waals surface area contributed by atoms with Gasteiger partial charge in [-0.3, -0.25) is 4.79 Å². The van der Waals surface area contributed by atoms with E-state index in [4.69, 9.17) is 4.74 Å². The molecule has 1 aliphatic heterocycles. The van der Waals surface area contributed by atoms with Crippen molar-refractivity contribution in [2.75, 3.05) is 26.8 Å². The highest BCUT2D eigenvalue weighted by atomic mass is 32.2.